The molecule has 6 nitrogen and oxygen atoms in total. The summed E-state index contributed by atoms with van der Waals surface area (Å²) in [5, 5.41) is 14.2. The van der Waals surface area contributed by atoms with Crippen molar-refractivity contribution in [1.82, 2.24) is 4.57 Å². The van der Waals surface area contributed by atoms with Crippen molar-refractivity contribution in [2.75, 3.05) is 6.54 Å². The molecule has 0 N–H and O–H groups in total. The third kappa shape index (κ3) is 6.13. The highest BCUT2D eigenvalue weighted by Crippen LogP contribution is 2.42. The molecule has 1 aliphatic carbocycles. The molecule has 0 unspecified atom stereocenters. The Labute approximate surface area is 280 Å². The molecule has 1 aromatic heterocycles. The van der Waals surface area contributed by atoms with Gasteiger partial charge in [0.15, 0.2) is 12.3 Å². The number of ketones is 1. The van der Waals surface area contributed by atoms with Crippen LogP contribution in [0.15, 0.2) is 156 Å². The number of benzene rings is 4. The molecule has 5 aromatic rings. The molecule has 238 valence electrons. The maximum atomic E-state index is 14.2. The number of para-hydroxylation sites is 2. The Morgan fingerprint density at radius 1 is 0.688 bits per heavy atom. The summed E-state index contributed by atoms with van der Waals surface area (Å²) < 4.78 is 16.6. The molecule has 6 heteroatoms. The summed E-state index contributed by atoms with van der Waals surface area (Å²) >= 11 is 0. The highest BCUT2D eigenvalue weighted by Gasteiger charge is 2.40. The van der Waals surface area contributed by atoms with Gasteiger partial charge in [-0.25, -0.2) is 0 Å². The minimum absolute atomic E-state index is 0.183. The highest BCUT2D eigenvalue weighted by atomic mass is 16.5. The first-order chi connectivity index (χ1) is 23.5. The molecule has 48 heavy (non-hydrogen) atoms. The lowest BCUT2D eigenvalue weighted by Gasteiger charge is -2.30. The van der Waals surface area contributed by atoms with Crippen LogP contribution in [0.3, 0.4) is 0 Å². The number of hydrogen-bond acceptors (Lipinski definition) is 4. The molecule has 0 amide bonds. The van der Waals surface area contributed by atoms with E-state index in [1.54, 1.807) is 0 Å². The molecule has 0 saturated heterocycles. The topological polar surface area (TPSA) is 66.5 Å². The molecule has 0 bridgehead atoms. The van der Waals surface area contributed by atoms with Crippen molar-refractivity contribution in [1.29, 1.82) is 0 Å². The third-order valence-electron chi connectivity index (χ3n) is 8.94. The summed E-state index contributed by atoms with van der Waals surface area (Å²) in [6.45, 7) is 5.11. The van der Waals surface area contributed by atoms with Crippen LogP contribution in [0.4, 0.5) is 0 Å². The van der Waals surface area contributed by atoms with E-state index in [0.29, 0.717) is 47.5 Å². The van der Waals surface area contributed by atoms with Gasteiger partial charge in [0.25, 0.3) is 0 Å². The van der Waals surface area contributed by atoms with Crippen LogP contribution in [-0.4, -0.2) is 27.2 Å². The minimum Gasteiger partial charge on any atom is -0.871 e. The molecule has 0 spiro atoms. The monoisotopic (exact) mass is 632 g/mol. The molecule has 4 aromatic carbocycles. The summed E-state index contributed by atoms with van der Waals surface area (Å²) in [6.07, 6.45) is 3.31. The number of hydrogen-bond donors (Lipinski definition) is 0. The number of Topliss-reactive ketones (excluding diaryl/α,β-unsaturated/α-hetero) is 1. The Kier molecular flexibility index (Phi) is 8.63. The molecule has 0 fully saturated rings. The summed E-state index contributed by atoms with van der Waals surface area (Å²) in [5.41, 5.74) is 5.57. The van der Waals surface area contributed by atoms with E-state index in [1.165, 1.54) is 11.1 Å². The number of rotatable bonds is 11. The molecular formula is C42H36N2O4. The van der Waals surface area contributed by atoms with Crippen molar-refractivity contribution in [3.05, 3.63) is 179 Å². The standard InChI is InChI=1S/C42H36N2O4/c1-29-37(47-33-19-11-5-12-20-33)27-35(43(29)25-23-31-15-7-3-8-16-31)39-41(45)40(42(39)46)36-28-38(48-34-21-13-6-14-22-34)30(2)44(36)26-24-32-17-9-4-10-18-32/h3-22,27-28H,23-26H2,1-2H3. The highest BCUT2D eigenvalue weighted by molar-refractivity contribution is 6.39. The van der Waals surface area contributed by atoms with Crippen LogP contribution in [0, 0.1) is 6.92 Å². The van der Waals surface area contributed by atoms with Crippen LogP contribution < -0.4 is 14.6 Å². The van der Waals surface area contributed by atoms with Crippen LogP contribution in [0.25, 0.3) is 5.57 Å². The second kappa shape index (κ2) is 13.5. The Hall–Kier alpha value is -5.88. The van der Waals surface area contributed by atoms with Gasteiger partial charge in [0.2, 0.25) is 17.2 Å². The smallest absolute Gasteiger partial charge is 0.221 e. The number of ether oxygens (including phenoxy) is 2. The number of aryl methyl sites for hydroxylation is 1. The molecule has 7 rings (SSSR count). The van der Waals surface area contributed by atoms with E-state index in [1.807, 2.05) is 132 Å². The van der Waals surface area contributed by atoms with Gasteiger partial charge in [-0.3, -0.25) is 4.79 Å². The van der Waals surface area contributed by atoms with Crippen LogP contribution in [0.5, 0.6) is 17.2 Å². The summed E-state index contributed by atoms with van der Waals surface area (Å²) in [5.74, 6) is 2.07. The fourth-order valence-electron chi connectivity index (χ4n) is 6.30. The predicted octanol–water partition coefficient (Wildman–Crippen LogP) is 7.43. The molecule has 0 radical (unpaired) electrons. The second-order valence-corrected chi connectivity index (χ2v) is 12.0. The van der Waals surface area contributed by atoms with Crippen molar-refractivity contribution >= 4 is 17.1 Å². The molecule has 2 heterocycles. The Balaban J connectivity index is 1.28. The molecular weight excluding hydrogens is 596 g/mol. The lowest BCUT2D eigenvalue weighted by atomic mass is 9.84. The lowest BCUT2D eigenvalue weighted by molar-refractivity contribution is -0.470. The van der Waals surface area contributed by atoms with E-state index in [2.05, 4.69) is 24.3 Å². The summed E-state index contributed by atoms with van der Waals surface area (Å²) in [4.78, 5) is 14.2. The van der Waals surface area contributed by atoms with Crippen LogP contribution in [0.2, 0.25) is 0 Å². The van der Waals surface area contributed by atoms with Crippen LogP contribution >= 0.6 is 0 Å². The van der Waals surface area contributed by atoms with Gasteiger partial charge in [0.1, 0.15) is 17.2 Å². The van der Waals surface area contributed by atoms with E-state index in [0.717, 1.165) is 24.2 Å². The first-order valence-electron chi connectivity index (χ1n) is 16.3. The quantitative estimate of drug-likeness (QED) is 0.112. The van der Waals surface area contributed by atoms with Crippen molar-refractivity contribution in [2.45, 2.75) is 33.2 Å². The maximum Gasteiger partial charge on any atom is 0.221 e. The largest absolute Gasteiger partial charge is 0.871 e. The van der Waals surface area contributed by atoms with Gasteiger partial charge in [0.05, 0.1) is 23.0 Å². The van der Waals surface area contributed by atoms with Gasteiger partial charge in [-0.05, 0) is 48.7 Å². The predicted molar refractivity (Wildman–Crippen MR) is 186 cm³/mol. The fraction of sp³-hybridized carbons (Fsp3) is 0.143. The molecule has 0 saturated carbocycles. The van der Waals surface area contributed by atoms with Crippen molar-refractivity contribution in [3.8, 4) is 17.2 Å². The van der Waals surface area contributed by atoms with Gasteiger partial charge in [-0.1, -0.05) is 103 Å². The van der Waals surface area contributed by atoms with E-state index >= 15 is 0 Å². The lowest BCUT2D eigenvalue weighted by Crippen LogP contribution is -2.33. The van der Waals surface area contributed by atoms with Gasteiger partial charge in [-0.2, -0.15) is 4.58 Å². The summed E-state index contributed by atoms with van der Waals surface area (Å²) in [7, 11) is 0. The normalized spacial score (nSPS) is 15.9. The first kappa shape index (κ1) is 30.8. The number of carbonyl (C=O) groups excluding carboxylic acids is 1. The zero-order valence-corrected chi connectivity index (χ0v) is 27.1. The van der Waals surface area contributed by atoms with Crippen LogP contribution in [-0.2, 0) is 24.2 Å². The number of allylic oxidation sites excluding steroid dienone is 4. The molecule has 1 aliphatic heterocycles. The van der Waals surface area contributed by atoms with Crippen molar-refractivity contribution < 1.29 is 24.0 Å². The zero-order chi connectivity index (χ0) is 33.0. The van der Waals surface area contributed by atoms with Crippen molar-refractivity contribution in [3.63, 3.8) is 0 Å². The Morgan fingerprint density at radius 3 is 1.81 bits per heavy atom. The van der Waals surface area contributed by atoms with Gasteiger partial charge >= 0.3 is 0 Å². The van der Waals surface area contributed by atoms with Gasteiger partial charge < -0.3 is 19.1 Å². The third-order valence-corrected chi connectivity index (χ3v) is 8.94. The fourth-order valence-corrected chi connectivity index (χ4v) is 6.30. The number of aromatic nitrogens is 1. The van der Waals surface area contributed by atoms with Gasteiger partial charge in [0, 0.05) is 31.5 Å². The van der Waals surface area contributed by atoms with E-state index in [4.69, 9.17) is 9.47 Å². The Bertz CT molecular complexity index is 2090. The first-order valence-corrected chi connectivity index (χ1v) is 16.3. The van der Waals surface area contributed by atoms with E-state index < -0.39 is 0 Å². The van der Waals surface area contributed by atoms with E-state index in [9.17, 15) is 9.90 Å². The average molecular weight is 633 g/mol. The second-order valence-electron chi connectivity index (χ2n) is 12.0. The average Bonchev–Trinajstić information content (AvgIpc) is 3.58. The zero-order valence-electron chi connectivity index (χ0n) is 27.1. The van der Waals surface area contributed by atoms with Gasteiger partial charge in [-0.15, -0.1) is 0 Å². The number of carbonyl (C=O) groups is 1. The van der Waals surface area contributed by atoms with Crippen molar-refractivity contribution in [2.24, 2.45) is 0 Å². The summed E-state index contributed by atoms with van der Waals surface area (Å²) in [6, 6.07) is 41.3. The van der Waals surface area contributed by atoms with E-state index in [-0.39, 0.29) is 22.7 Å². The molecule has 2 aliphatic rings. The van der Waals surface area contributed by atoms with Crippen LogP contribution in [0.1, 0.15) is 29.4 Å². The SMILES string of the molecule is CC1=[N+](CCc2ccccc2)/C(=C2\C(=O)C(c3cc(Oc4ccccc4)c(C)n3CCc3ccccc3)=C2[O-])C=C1Oc1ccccc1. The Morgan fingerprint density at radius 2 is 1.23 bits per heavy atom. The number of nitrogens with zero attached hydrogens (tertiary/aromatic N) is 2. The minimum atomic E-state index is -0.269. The maximum absolute atomic E-state index is 14.2. The molecule has 0 atom stereocenters.